The summed E-state index contributed by atoms with van der Waals surface area (Å²) in [6.07, 6.45) is 11.8. The van der Waals surface area contributed by atoms with E-state index >= 15 is 0 Å². The van der Waals surface area contributed by atoms with Gasteiger partial charge < -0.3 is 4.90 Å². The van der Waals surface area contributed by atoms with Crippen LogP contribution in [0.4, 0.5) is 0 Å². The standard InChI is InChI=1S/C20H33NO/c1-14-6-16-7-15(2)9-20(8-14,10-16)11-19(22)21-12-17-4-3-5-18(17)13-21/h14-18H,3-13H2,1-2H3. The summed E-state index contributed by atoms with van der Waals surface area (Å²) in [5.74, 6) is 4.73. The van der Waals surface area contributed by atoms with Crippen LogP contribution in [0.25, 0.3) is 0 Å². The van der Waals surface area contributed by atoms with Crippen molar-refractivity contribution in [2.75, 3.05) is 13.1 Å². The van der Waals surface area contributed by atoms with E-state index in [0.717, 1.165) is 49.1 Å². The molecule has 3 saturated carbocycles. The molecule has 2 bridgehead atoms. The fourth-order valence-corrected chi connectivity index (χ4v) is 7.00. The first-order valence-electron chi connectivity index (χ1n) is 9.81. The van der Waals surface area contributed by atoms with Crippen LogP contribution in [0, 0.1) is 35.0 Å². The largest absolute Gasteiger partial charge is 0.342 e. The maximum Gasteiger partial charge on any atom is 0.223 e. The number of nitrogens with zero attached hydrogens (tertiary/aromatic N) is 1. The van der Waals surface area contributed by atoms with E-state index in [0.29, 0.717) is 11.3 Å². The molecule has 0 N–H and O–H groups in total. The monoisotopic (exact) mass is 303 g/mol. The highest BCUT2D eigenvalue weighted by molar-refractivity contribution is 5.77. The number of rotatable bonds is 2. The lowest BCUT2D eigenvalue weighted by Gasteiger charge is -2.50. The van der Waals surface area contributed by atoms with E-state index in [1.54, 1.807) is 0 Å². The zero-order valence-corrected chi connectivity index (χ0v) is 14.5. The van der Waals surface area contributed by atoms with Crippen LogP contribution in [0.15, 0.2) is 0 Å². The Morgan fingerprint density at radius 1 is 1.00 bits per heavy atom. The van der Waals surface area contributed by atoms with Crippen LogP contribution < -0.4 is 0 Å². The number of carbonyl (C=O) groups is 1. The molecule has 1 amide bonds. The molecule has 1 saturated heterocycles. The molecule has 2 heteroatoms. The molecule has 4 unspecified atom stereocenters. The van der Waals surface area contributed by atoms with Gasteiger partial charge in [0.2, 0.25) is 5.91 Å². The highest BCUT2D eigenvalue weighted by atomic mass is 16.2. The first kappa shape index (κ1) is 15.0. The molecule has 4 aliphatic rings. The molecule has 22 heavy (non-hydrogen) atoms. The third kappa shape index (κ3) is 2.71. The molecule has 0 aromatic rings. The van der Waals surface area contributed by atoms with Crippen LogP contribution in [0.3, 0.4) is 0 Å². The number of likely N-dealkylation sites (tertiary alicyclic amines) is 1. The van der Waals surface area contributed by atoms with Crippen LogP contribution in [0.2, 0.25) is 0 Å². The molecule has 0 radical (unpaired) electrons. The highest BCUT2D eigenvalue weighted by Crippen LogP contribution is 2.55. The lowest BCUT2D eigenvalue weighted by Crippen LogP contribution is -2.43. The van der Waals surface area contributed by atoms with Crippen LogP contribution in [0.5, 0.6) is 0 Å². The smallest absolute Gasteiger partial charge is 0.223 e. The molecule has 0 aromatic heterocycles. The second-order valence-electron chi connectivity index (χ2n) is 9.59. The molecule has 1 aliphatic heterocycles. The summed E-state index contributed by atoms with van der Waals surface area (Å²) in [5.41, 5.74) is 0.356. The average molecular weight is 303 g/mol. The quantitative estimate of drug-likeness (QED) is 0.736. The summed E-state index contributed by atoms with van der Waals surface area (Å²) in [6, 6.07) is 0. The Balaban J connectivity index is 1.43. The van der Waals surface area contributed by atoms with Gasteiger partial charge in [0.05, 0.1) is 0 Å². The molecular weight excluding hydrogens is 270 g/mol. The molecule has 2 nitrogen and oxygen atoms in total. The van der Waals surface area contributed by atoms with Crippen molar-refractivity contribution in [3.05, 3.63) is 0 Å². The predicted octanol–water partition coefficient (Wildman–Crippen LogP) is 4.49. The van der Waals surface area contributed by atoms with E-state index < -0.39 is 0 Å². The Labute approximate surface area is 136 Å². The minimum absolute atomic E-state index is 0.356. The number of amides is 1. The Morgan fingerprint density at radius 2 is 1.59 bits per heavy atom. The molecule has 0 aromatic carbocycles. The maximum atomic E-state index is 13.0. The van der Waals surface area contributed by atoms with Crippen molar-refractivity contribution >= 4 is 5.91 Å². The molecule has 0 spiro atoms. The summed E-state index contributed by atoms with van der Waals surface area (Å²) in [4.78, 5) is 15.2. The summed E-state index contributed by atoms with van der Waals surface area (Å²) in [5, 5.41) is 0. The minimum Gasteiger partial charge on any atom is -0.342 e. The second-order valence-corrected chi connectivity index (χ2v) is 9.59. The SMILES string of the molecule is CC1CC2CC(C)CC(CC(=O)N3CC4CCCC4C3)(C1)C2. The van der Waals surface area contributed by atoms with Crippen LogP contribution in [-0.2, 0) is 4.79 Å². The second kappa shape index (κ2) is 5.53. The normalized spacial score (nSPS) is 47.5. The fraction of sp³-hybridized carbons (Fsp3) is 0.950. The average Bonchev–Trinajstić information content (AvgIpc) is 2.95. The Bertz CT molecular complexity index is 413. The molecule has 3 aliphatic carbocycles. The van der Waals surface area contributed by atoms with Gasteiger partial charge in [-0.1, -0.05) is 20.3 Å². The van der Waals surface area contributed by atoms with Gasteiger partial charge in [0, 0.05) is 19.5 Å². The van der Waals surface area contributed by atoms with Gasteiger partial charge >= 0.3 is 0 Å². The van der Waals surface area contributed by atoms with Gasteiger partial charge in [0.1, 0.15) is 0 Å². The topological polar surface area (TPSA) is 20.3 Å². The summed E-state index contributed by atoms with van der Waals surface area (Å²) in [6.45, 7) is 6.99. The van der Waals surface area contributed by atoms with E-state index in [1.165, 1.54) is 51.4 Å². The fourth-order valence-electron chi connectivity index (χ4n) is 7.00. The van der Waals surface area contributed by atoms with Gasteiger partial charge in [-0.3, -0.25) is 4.79 Å². The first-order valence-corrected chi connectivity index (χ1v) is 9.81. The molecule has 1 heterocycles. The van der Waals surface area contributed by atoms with Crippen molar-refractivity contribution in [3.8, 4) is 0 Å². The van der Waals surface area contributed by atoms with E-state index in [1.807, 2.05) is 0 Å². The van der Waals surface area contributed by atoms with Gasteiger partial charge in [-0.15, -0.1) is 0 Å². The van der Waals surface area contributed by atoms with Crippen molar-refractivity contribution < 1.29 is 4.79 Å². The zero-order chi connectivity index (χ0) is 15.3. The third-order valence-corrected chi connectivity index (χ3v) is 7.36. The summed E-state index contributed by atoms with van der Waals surface area (Å²) < 4.78 is 0. The number of carbonyl (C=O) groups excluding carboxylic acids is 1. The zero-order valence-electron chi connectivity index (χ0n) is 14.5. The van der Waals surface area contributed by atoms with Crippen LogP contribution in [-0.4, -0.2) is 23.9 Å². The van der Waals surface area contributed by atoms with E-state index in [2.05, 4.69) is 18.7 Å². The molecule has 4 rings (SSSR count). The molecule has 124 valence electrons. The van der Waals surface area contributed by atoms with E-state index in [4.69, 9.17) is 0 Å². The number of fused-ring (bicyclic) bond motifs is 3. The van der Waals surface area contributed by atoms with E-state index in [9.17, 15) is 4.79 Å². The van der Waals surface area contributed by atoms with Gasteiger partial charge in [-0.25, -0.2) is 0 Å². The first-order chi connectivity index (χ1) is 10.5. The van der Waals surface area contributed by atoms with Gasteiger partial charge in [0.15, 0.2) is 0 Å². The maximum absolute atomic E-state index is 13.0. The number of hydrogen-bond donors (Lipinski definition) is 0. The van der Waals surface area contributed by atoms with Crippen LogP contribution >= 0.6 is 0 Å². The minimum atomic E-state index is 0.356. The Hall–Kier alpha value is -0.530. The van der Waals surface area contributed by atoms with Crippen molar-refractivity contribution in [1.82, 2.24) is 4.90 Å². The van der Waals surface area contributed by atoms with Gasteiger partial charge in [-0.05, 0) is 80.0 Å². The summed E-state index contributed by atoms with van der Waals surface area (Å²) >= 11 is 0. The van der Waals surface area contributed by atoms with Crippen LogP contribution in [0.1, 0.15) is 71.6 Å². The van der Waals surface area contributed by atoms with E-state index in [-0.39, 0.29) is 0 Å². The lowest BCUT2D eigenvalue weighted by atomic mass is 9.55. The number of hydrogen-bond acceptors (Lipinski definition) is 1. The predicted molar refractivity (Wildman–Crippen MR) is 89.4 cm³/mol. The third-order valence-electron chi connectivity index (χ3n) is 7.36. The molecular formula is C20H33NO. The molecule has 4 atom stereocenters. The van der Waals surface area contributed by atoms with Crippen molar-refractivity contribution in [1.29, 1.82) is 0 Å². The van der Waals surface area contributed by atoms with Gasteiger partial charge in [-0.2, -0.15) is 0 Å². The lowest BCUT2D eigenvalue weighted by molar-refractivity contribution is -0.135. The Kier molecular flexibility index (Phi) is 3.77. The Morgan fingerprint density at radius 3 is 2.18 bits per heavy atom. The van der Waals surface area contributed by atoms with Crippen molar-refractivity contribution in [3.63, 3.8) is 0 Å². The van der Waals surface area contributed by atoms with Crippen molar-refractivity contribution in [2.45, 2.75) is 71.6 Å². The van der Waals surface area contributed by atoms with Gasteiger partial charge in [0.25, 0.3) is 0 Å². The molecule has 4 fully saturated rings. The summed E-state index contributed by atoms with van der Waals surface area (Å²) in [7, 11) is 0. The van der Waals surface area contributed by atoms with Crippen molar-refractivity contribution in [2.24, 2.45) is 35.0 Å². The highest BCUT2D eigenvalue weighted by Gasteiger charge is 2.47.